The summed E-state index contributed by atoms with van der Waals surface area (Å²) in [7, 11) is 0. The number of hydrogen-bond donors (Lipinski definition) is 2. The van der Waals surface area contributed by atoms with E-state index in [0.717, 1.165) is 40.4 Å². The molecule has 5 aromatic rings. The lowest BCUT2D eigenvalue weighted by Gasteiger charge is -2.42. The highest BCUT2D eigenvalue weighted by Gasteiger charge is 2.41. The summed E-state index contributed by atoms with van der Waals surface area (Å²) in [4.78, 5) is 17.7. The van der Waals surface area contributed by atoms with Crippen LogP contribution < -0.4 is 11.3 Å². The Bertz CT molecular complexity index is 1620. The van der Waals surface area contributed by atoms with Crippen LogP contribution in [0.5, 0.6) is 0 Å². The first-order valence-corrected chi connectivity index (χ1v) is 11.9. The van der Waals surface area contributed by atoms with Crippen molar-refractivity contribution in [1.29, 1.82) is 0 Å². The number of hydrogen-bond acceptors (Lipinski definition) is 5. The maximum absolute atomic E-state index is 13.4. The molecule has 0 spiro atoms. The molecule has 7 nitrogen and oxygen atoms in total. The molecule has 0 bridgehead atoms. The zero-order valence-corrected chi connectivity index (χ0v) is 19.7. The summed E-state index contributed by atoms with van der Waals surface area (Å²) < 4.78 is 3.67. The van der Waals surface area contributed by atoms with E-state index in [1.54, 1.807) is 17.0 Å². The molecule has 2 aromatic carbocycles. The lowest BCUT2D eigenvalue weighted by molar-refractivity contribution is -0.0405. The van der Waals surface area contributed by atoms with Crippen LogP contribution >= 0.6 is 0 Å². The number of pyridine rings is 2. The van der Waals surface area contributed by atoms with Crippen LogP contribution in [-0.4, -0.2) is 30.0 Å². The summed E-state index contributed by atoms with van der Waals surface area (Å²) in [5, 5.41) is 17.6. The fourth-order valence-corrected chi connectivity index (χ4v) is 5.14. The second-order valence-corrected chi connectivity index (χ2v) is 9.99. The molecule has 3 N–H and O–H groups in total. The van der Waals surface area contributed by atoms with Gasteiger partial charge >= 0.3 is 0 Å². The lowest BCUT2D eigenvalue weighted by Crippen LogP contribution is -2.41. The van der Waals surface area contributed by atoms with Crippen molar-refractivity contribution in [2.45, 2.75) is 38.3 Å². The third kappa shape index (κ3) is 3.51. The second kappa shape index (κ2) is 7.78. The van der Waals surface area contributed by atoms with Crippen molar-refractivity contribution in [2.75, 3.05) is 5.73 Å². The lowest BCUT2D eigenvalue weighted by atomic mass is 9.71. The number of aromatic nitrogens is 4. The maximum Gasteiger partial charge on any atom is 0.262 e. The Labute approximate surface area is 202 Å². The Kier molecular flexibility index (Phi) is 4.79. The molecule has 0 saturated heterocycles. The summed E-state index contributed by atoms with van der Waals surface area (Å²) in [5.74, 6) is 0.642. The van der Waals surface area contributed by atoms with Crippen molar-refractivity contribution in [3.63, 3.8) is 0 Å². The molecule has 0 aliphatic heterocycles. The summed E-state index contributed by atoms with van der Waals surface area (Å²) in [6.45, 7) is 3.72. The second-order valence-electron chi connectivity index (χ2n) is 9.99. The smallest absolute Gasteiger partial charge is 0.262 e. The predicted molar refractivity (Wildman–Crippen MR) is 139 cm³/mol. The Morgan fingerprint density at radius 2 is 1.83 bits per heavy atom. The molecule has 35 heavy (non-hydrogen) atoms. The van der Waals surface area contributed by atoms with E-state index in [0.29, 0.717) is 16.9 Å². The van der Waals surface area contributed by atoms with Crippen LogP contribution in [0.2, 0.25) is 0 Å². The van der Waals surface area contributed by atoms with Gasteiger partial charge in [-0.1, -0.05) is 30.3 Å². The number of nitrogens with zero attached hydrogens (tertiary/aromatic N) is 4. The van der Waals surface area contributed by atoms with Gasteiger partial charge in [-0.25, -0.2) is 4.98 Å². The Morgan fingerprint density at radius 3 is 2.57 bits per heavy atom. The van der Waals surface area contributed by atoms with Crippen LogP contribution in [0.1, 0.15) is 32.7 Å². The van der Waals surface area contributed by atoms with E-state index in [1.165, 1.54) is 0 Å². The third-order valence-electron chi connectivity index (χ3n) is 7.32. The monoisotopic (exact) mass is 465 g/mol. The first-order chi connectivity index (χ1) is 16.8. The van der Waals surface area contributed by atoms with E-state index < -0.39 is 5.60 Å². The summed E-state index contributed by atoms with van der Waals surface area (Å²) >= 11 is 0. The largest absolute Gasteiger partial charge is 0.390 e. The molecule has 0 unspecified atom stereocenters. The molecule has 0 radical (unpaired) electrons. The fraction of sp³-hybridized carbons (Fsp3) is 0.250. The van der Waals surface area contributed by atoms with E-state index in [-0.39, 0.29) is 17.5 Å². The van der Waals surface area contributed by atoms with Gasteiger partial charge in [-0.15, -0.1) is 0 Å². The number of para-hydroxylation sites is 1. The average molecular weight is 466 g/mol. The maximum atomic E-state index is 13.4. The molecular weight excluding hydrogens is 438 g/mol. The van der Waals surface area contributed by atoms with Crippen LogP contribution in [-0.2, 0) is 0 Å². The van der Waals surface area contributed by atoms with Gasteiger partial charge in [0.25, 0.3) is 5.56 Å². The van der Waals surface area contributed by atoms with Crippen molar-refractivity contribution < 1.29 is 5.11 Å². The van der Waals surface area contributed by atoms with E-state index in [9.17, 15) is 9.90 Å². The van der Waals surface area contributed by atoms with Crippen molar-refractivity contribution in [1.82, 2.24) is 19.3 Å². The van der Waals surface area contributed by atoms with E-state index in [1.807, 2.05) is 79.2 Å². The van der Waals surface area contributed by atoms with Crippen molar-refractivity contribution in [2.24, 2.45) is 5.92 Å². The van der Waals surface area contributed by atoms with Gasteiger partial charge in [0.05, 0.1) is 22.5 Å². The predicted octanol–water partition coefficient (Wildman–Crippen LogP) is 4.71. The van der Waals surface area contributed by atoms with Crippen LogP contribution in [0, 0.1) is 5.92 Å². The van der Waals surface area contributed by atoms with Gasteiger partial charge in [-0.2, -0.15) is 5.10 Å². The molecule has 1 aliphatic carbocycles. The molecule has 176 valence electrons. The van der Waals surface area contributed by atoms with Gasteiger partial charge in [0.1, 0.15) is 11.5 Å². The van der Waals surface area contributed by atoms with Crippen molar-refractivity contribution in [3.05, 3.63) is 83.4 Å². The van der Waals surface area contributed by atoms with Crippen LogP contribution in [0.3, 0.4) is 0 Å². The Hall–Kier alpha value is -3.97. The summed E-state index contributed by atoms with van der Waals surface area (Å²) in [5.41, 5.74) is 8.82. The highest BCUT2D eigenvalue weighted by molar-refractivity contribution is 6.01. The van der Waals surface area contributed by atoms with Crippen LogP contribution in [0.25, 0.3) is 38.6 Å². The number of nitrogen functional groups attached to an aromatic ring is 1. The zero-order valence-electron chi connectivity index (χ0n) is 19.7. The molecule has 6 rings (SSSR count). The molecule has 3 aromatic heterocycles. The number of aliphatic hydroxyl groups is 1. The summed E-state index contributed by atoms with van der Waals surface area (Å²) in [6.07, 6.45) is 5.20. The molecule has 0 atom stereocenters. The van der Waals surface area contributed by atoms with Gasteiger partial charge in [-0.05, 0) is 68.3 Å². The number of anilines is 1. The van der Waals surface area contributed by atoms with E-state index in [2.05, 4.69) is 4.98 Å². The minimum atomic E-state index is -0.708. The van der Waals surface area contributed by atoms with Crippen molar-refractivity contribution in [3.8, 4) is 16.9 Å². The highest BCUT2D eigenvalue weighted by atomic mass is 16.3. The van der Waals surface area contributed by atoms with Gasteiger partial charge in [0.2, 0.25) is 0 Å². The molecule has 1 aliphatic rings. The zero-order chi connectivity index (χ0) is 24.3. The van der Waals surface area contributed by atoms with Gasteiger partial charge in [0.15, 0.2) is 0 Å². The first-order valence-electron chi connectivity index (χ1n) is 11.9. The van der Waals surface area contributed by atoms with Gasteiger partial charge in [0, 0.05) is 29.0 Å². The molecule has 7 heteroatoms. The minimum absolute atomic E-state index is 0.0857. The third-order valence-corrected chi connectivity index (χ3v) is 7.32. The van der Waals surface area contributed by atoms with Crippen LogP contribution in [0.4, 0.5) is 5.82 Å². The molecule has 1 fully saturated rings. The molecule has 3 heterocycles. The number of nitrogens with two attached hydrogens (primary N) is 1. The first kappa shape index (κ1) is 21.6. The van der Waals surface area contributed by atoms with E-state index >= 15 is 0 Å². The Morgan fingerprint density at radius 1 is 1.06 bits per heavy atom. The van der Waals surface area contributed by atoms with Gasteiger partial charge < -0.3 is 10.8 Å². The fourth-order valence-electron chi connectivity index (χ4n) is 5.14. The standard InChI is InChI=1S/C28H27N5O2/c1-28(2,35)19-15-21(16-19)33-23-10-12-30-26(29)24(23)25(31-33)18-9-8-17-11-13-32(27(34)22(17)14-18)20-6-4-3-5-7-20/h3-14,19,21,35H,15-16H2,1-2H3,(H2,29,30). The topological polar surface area (TPSA) is 99.0 Å². The highest BCUT2D eigenvalue weighted by Crippen LogP contribution is 2.46. The molecule has 0 amide bonds. The van der Waals surface area contributed by atoms with E-state index in [4.69, 9.17) is 10.8 Å². The SMILES string of the molecule is CC(C)(O)C1CC(n2nc(-c3ccc4ccn(-c5ccccc5)c(=O)c4c3)c3c(N)nccc32)C1. The summed E-state index contributed by atoms with van der Waals surface area (Å²) in [6, 6.07) is 19.5. The molecule has 1 saturated carbocycles. The normalized spacial score (nSPS) is 18.1. The molecular formula is C28H27N5O2. The van der Waals surface area contributed by atoms with Crippen LogP contribution in [0.15, 0.2) is 77.9 Å². The number of rotatable bonds is 4. The van der Waals surface area contributed by atoms with Crippen molar-refractivity contribution >= 4 is 27.5 Å². The number of benzene rings is 2. The average Bonchev–Trinajstić information content (AvgIpc) is 3.18. The van der Waals surface area contributed by atoms with Gasteiger partial charge in [-0.3, -0.25) is 14.0 Å². The minimum Gasteiger partial charge on any atom is -0.390 e. The quantitative estimate of drug-likeness (QED) is 0.401. The number of fused-ring (bicyclic) bond motifs is 2. The Balaban J connectivity index is 1.49.